The first-order chi connectivity index (χ1) is 13.0. The standard InChI is InChI=1S/C19H8Cl2F6O/c20-11-5-1-9(2-6-11)15-13-14(18(24,25)19(26,27)17(13,22)23)16(28-15)10-3-7-12(21)8-4-10/h1-8H. The van der Waals surface area contributed by atoms with Crippen molar-refractivity contribution < 1.29 is 30.8 Å². The molecule has 0 N–H and O–H groups in total. The molecule has 1 aliphatic carbocycles. The maximum absolute atomic E-state index is 14.5. The lowest BCUT2D eigenvalue weighted by Crippen LogP contribution is -2.43. The van der Waals surface area contributed by atoms with Crippen LogP contribution in [0.25, 0.3) is 22.6 Å². The molecule has 0 saturated carbocycles. The molecule has 9 heteroatoms. The van der Waals surface area contributed by atoms with Gasteiger partial charge in [0.15, 0.2) is 0 Å². The number of hydrogen-bond donors (Lipinski definition) is 0. The van der Waals surface area contributed by atoms with Gasteiger partial charge in [-0.1, -0.05) is 23.2 Å². The van der Waals surface area contributed by atoms with Gasteiger partial charge in [0.25, 0.3) is 0 Å². The fraction of sp³-hybridized carbons (Fsp3) is 0.158. The molecule has 1 aromatic heterocycles. The van der Waals surface area contributed by atoms with Crippen molar-refractivity contribution in [2.75, 3.05) is 0 Å². The number of halogens is 8. The van der Waals surface area contributed by atoms with E-state index in [1.54, 1.807) is 0 Å². The average Bonchev–Trinajstić information content (AvgIpc) is 3.08. The smallest absolute Gasteiger partial charge is 0.380 e. The number of hydrogen-bond acceptors (Lipinski definition) is 1. The van der Waals surface area contributed by atoms with Crippen LogP contribution in [0.5, 0.6) is 0 Å². The molecule has 1 heterocycles. The van der Waals surface area contributed by atoms with E-state index in [2.05, 4.69) is 0 Å². The van der Waals surface area contributed by atoms with Crippen LogP contribution in [0.2, 0.25) is 10.0 Å². The molecule has 1 nitrogen and oxygen atoms in total. The zero-order valence-electron chi connectivity index (χ0n) is 13.6. The summed E-state index contributed by atoms with van der Waals surface area (Å²) in [5.41, 5.74) is -3.24. The Morgan fingerprint density at radius 2 is 0.893 bits per heavy atom. The normalized spacial score (nSPS) is 18.9. The summed E-state index contributed by atoms with van der Waals surface area (Å²) in [5.74, 6) is -17.4. The van der Waals surface area contributed by atoms with Crippen LogP contribution >= 0.6 is 23.2 Å². The summed E-state index contributed by atoms with van der Waals surface area (Å²) >= 11 is 11.5. The minimum Gasteiger partial charge on any atom is -0.455 e. The quantitative estimate of drug-likeness (QED) is 0.374. The molecule has 4 rings (SSSR count). The molecule has 0 radical (unpaired) electrons. The highest BCUT2D eigenvalue weighted by atomic mass is 35.5. The van der Waals surface area contributed by atoms with Crippen LogP contribution in [0.4, 0.5) is 26.3 Å². The zero-order valence-corrected chi connectivity index (χ0v) is 15.1. The monoisotopic (exact) mass is 436 g/mol. The molecule has 0 atom stereocenters. The second kappa shape index (κ2) is 5.94. The summed E-state index contributed by atoms with van der Waals surface area (Å²) in [6.45, 7) is 0. The van der Waals surface area contributed by atoms with Gasteiger partial charge in [-0.15, -0.1) is 0 Å². The van der Waals surface area contributed by atoms with E-state index < -0.39 is 40.4 Å². The Hall–Kier alpha value is -2.12. The second-order valence-electron chi connectivity index (χ2n) is 6.25. The summed E-state index contributed by atoms with van der Waals surface area (Å²) in [7, 11) is 0. The van der Waals surface area contributed by atoms with Gasteiger partial charge in [0, 0.05) is 21.2 Å². The Balaban J connectivity index is 2.07. The zero-order chi connectivity index (χ0) is 20.5. The lowest BCUT2D eigenvalue weighted by molar-refractivity contribution is -0.302. The van der Waals surface area contributed by atoms with E-state index in [4.69, 9.17) is 27.6 Å². The first kappa shape index (κ1) is 19.2. The molecular weight excluding hydrogens is 429 g/mol. The predicted molar refractivity (Wildman–Crippen MR) is 92.3 cm³/mol. The van der Waals surface area contributed by atoms with Crippen molar-refractivity contribution in [3.05, 3.63) is 69.7 Å². The van der Waals surface area contributed by atoms with Gasteiger partial charge < -0.3 is 4.42 Å². The Bertz CT molecular complexity index is 973. The fourth-order valence-electron chi connectivity index (χ4n) is 3.15. The molecule has 0 bridgehead atoms. The Labute approximate surface area is 164 Å². The van der Waals surface area contributed by atoms with Gasteiger partial charge in [0.2, 0.25) is 0 Å². The molecule has 0 fully saturated rings. The summed E-state index contributed by atoms with van der Waals surface area (Å²) in [4.78, 5) is 0. The van der Waals surface area contributed by atoms with Crippen LogP contribution in [-0.4, -0.2) is 5.92 Å². The second-order valence-corrected chi connectivity index (χ2v) is 7.12. The predicted octanol–water partition coefficient (Wildman–Crippen LogP) is 7.75. The van der Waals surface area contributed by atoms with E-state index in [0.717, 1.165) is 0 Å². The molecular formula is C19H8Cl2F6O. The largest absolute Gasteiger partial charge is 0.455 e. The molecule has 0 spiro atoms. The van der Waals surface area contributed by atoms with Gasteiger partial charge in [-0.3, -0.25) is 0 Å². The Morgan fingerprint density at radius 1 is 0.571 bits per heavy atom. The van der Waals surface area contributed by atoms with Gasteiger partial charge >= 0.3 is 17.8 Å². The summed E-state index contributed by atoms with van der Waals surface area (Å²) in [6, 6.07) is 10.1. The summed E-state index contributed by atoms with van der Waals surface area (Å²) in [5, 5.41) is 0.486. The van der Waals surface area contributed by atoms with Crippen molar-refractivity contribution in [2.45, 2.75) is 17.8 Å². The first-order valence-electron chi connectivity index (χ1n) is 7.81. The van der Waals surface area contributed by atoms with Crippen molar-refractivity contribution in [1.82, 2.24) is 0 Å². The first-order valence-corrected chi connectivity index (χ1v) is 8.57. The average molecular weight is 437 g/mol. The number of furan rings is 1. The van der Waals surface area contributed by atoms with Crippen LogP contribution in [-0.2, 0) is 11.8 Å². The number of rotatable bonds is 2. The van der Waals surface area contributed by atoms with E-state index in [9.17, 15) is 26.3 Å². The van der Waals surface area contributed by atoms with E-state index in [1.807, 2.05) is 0 Å². The van der Waals surface area contributed by atoms with Crippen molar-refractivity contribution in [3.8, 4) is 22.6 Å². The highest BCUT2D eigenvalue weighted by molar-refractivity contribution is 6.30. The number of alkyl halides is 6. The maximum atomic E-state index is 14.5. The van der Waals surface area contributed by atoms with Gasteiger partial charge in [-0.05, 0) is 48.5 Å². The minimum absolute atomic E-state index is 0.0889. The molecule has 146 valence electrons. The third-order valence-electron chi connectivity index (χ3n) is 4.54. The van der Waals surface area contributed by atoms with Crippen molar-refractivity contribution in [3.63, 3.8) is 0 Å². The fourth-order valence-corrected chi connectivity index (χ4v) is 3.40. The highest BCUT2D eigenvalue weighted by Gasteiger charge is 2.81. The lowest BCUT2D eigenvalue weighted by Gasteiger charge is -2.24. The third kappa shape index (κ3) is 2.42. The number of benzene rings is 2. The molecule has 0 saturated heterocycles. The summed E-state index contributed by atoms with van der Waals surface area (Å²) in [6.07, 6.45) is 0. The van der Waals surface area contributed by atoms with Crippen molar-refractivity contribution >= 4 is 23.2 Å². The highest BCUT2D eigenvalue weighted by Crippen LogP contribution is 2.67. The van der Waals surface area contributed by atoms with E-state index in [0.29, 0.717) is 0 Å². The maximum Gasteiger partial charge on any atom is 0.380 e. The number of fused-ring (bicyclic) bond motifs is 1. The summed E-state index contributed by atoms with van der Waals surface area (Å²) < 4.78 is 91.4. The molecule has 28 heavy (non-hydrogen) atoms. The molecule has 1 aliphatic rings. The minimum atomic E-state index is -5.62. The van der Waals surface area contributed by atoms with Gasteiger partial charge in [-0.2, -0.15) is 26.3 Å². The van der Waals surface area contributed by atoms with E-state index in [1.165, 1.54) is 48.5 Å². The molecule has 3 aromatic rings. The Kier molecular flexibility index (Phi) is 4.07. The molecule has 0 unspecified atom stereocenters. The van der Waals surface area contributed by atoms with Gasteiger partial charge in [0.1, 0.15) is 11.5 Å². The van der Waals surface area contributed by atoms with Crippen LogP contribution in [0, 0.1) is 0 Å². The SMILES string of the molecule is FC1(F)c2c(-c3ccc(Cl)cc3)oc(-c3ccc(Cl)cc3)c2C(F)(F)C1(F)F. The molecule has 2 aromatic carbocycles. The third-order valence-corrected chi connectivity index (χ3v) is 5.04. The Morgan fingerprint density at radius 3 is 1.21 bits per heavy atom. The van der Waals surface area contributed by atoms with Crippen molar-refractivity contribution in [2.24, 2.45) is 0 Å². The molecule has 0 aliphatic heterocycles. The van der Waals surface area contributed by atoms with Crippen LogP contribution in [0.3, 0.4) is 0 Å². The van der Waals surface area contributed by atoms with Crippen LogP contribution < -0.4 is 0 Å². The van der Waals surface area contributed by atoms with Crippen LogP contribution in [0.1, 0.15) is 11.1 Å². The van der Waals surface area contributed by atoms with Crippen molar-refractivity contribution in [1.29, 1.82) is 0 Å². The topological polar surface area (TPSA) is 13.1 Å². The van der Waals surface area contributed by atoms with E-state index >= 15 is 0 Å². The lowest BCUT2D eigenvalue weighted by atomic mass is 10.0. The van der Waals surface area contributed by atoms with Crippen LogP contribution in [0.15, 0.2) is 52.9 Å². The van der Waals surface area contributed by atoms with Gasteiger partial charge in [-0.25, -0.2) is 0 Å². The van der Waals surface area contributed by atoms with E-state index in [-0.39, 0.29) is 21.2 Å². The molecule has 0 amide bonds. The van der Waals surface area contributed by atoms with Gasteiger partial charge in [0.05, 0.1) is 11.1 Å².